The maximum absolute atomic E-state index is 11.4. The van der Waals surface area contributed by atoms with Crippen LogP contribution >= 0.6 is 0 Å². The maximum atomic E-state index is 11.4. The average Bonchev–Trinajstić information content (AvgIpc) is 2.86. The average molecular weight is 276 g/mol. The molecule has 0 N–H and O–H groups in total. The fourth-order valence-electron chi connectivity index (χ4n) is 2.85. The molecule has 2 rings (SSSR count). The van der Waals surface area contributed by atoms with Gasteiger partial charge in [0.05, 0.1) is 4.92 Å². The van der Waals surface area contributed by atoms with Crippen LogP contribution in [-0.4, -0.2) is 23.8 Å². The van der Waals surface area contributed by atoms with E-state index >= 15 is 0 Å². The molecule has 1 unspecified atom stereocenters. The van der Waals surface area contributed by atoms with E-state index in [2.05, 4.69) is 11.8 Å². The fourth-order valence-corrected chi connectivity index (χ4v) is 2.85. The zero-order valence-electron chi connectivity index (χ0n) is 12.0. The summed E-state index contributed by atoms with van der Waals surface area (Å²) in [5.74, 6) is 0.469. The van der Waals surface area contributed by atoms with Gasteiger partial charge in [-0.15, -0.1) is 0 Å². The van der Waals surface area contributed by atoms with Gasteiger partial charge in [-0.1, -0.05) is 13.3 Å². The third kappa shape index (κ3) is 2.98. The molecule has 0 saturated carbocycles. The molecule has 0 bridgehead atoms. The van der Waals surface area contributed by atoms with Crippen molar-refractivity contribution in [3.05, 3.63) is 33.9 Å². The van der Waals surface area contributed by atoms with E-state index in [9.17, 15) is 14.9 Å². The summed E-state index contributed by atoms with van der Waals surface area (Å²) >= 11 is 0. The van der Waals surface area contributed by atoms with Gasteiger partial charge in [-0.25, -0.2) is 0 Å². The molecule has 0 spiro atoms. The van der Waals surface area contributed by atoms with E-state index in [-0.39, 0.29) is 11.5 Å². The lowest BCUT2D eigenvalue weighted by Crippen LogP contribution is -2.21. The Morgan fingerprint density at radius 3 is 2.85 bits per heavy atom. The highest BCUT2D eigenvalue weighted by Crippen LogP contribution is 2.34. The van der Waals surface area contributed by atoms with Gasteiger partial charge in [0, 0.05) is 24.7 Å². The summed E-state index contributed by atoms with van der Waals surface area (Å²) in [6.45, 7) is 5.30. The third-order valence-corrected chi connectivity index (χ3v) is 3.90. The first-order chi connectivity index (χ1) is 9.52. The Morgan fingerprint density at radius 2 is 2.25 bits per heavy atom. The molecule has 5 heteroatoms. The van der Waals surface area contributed by atoms with Crippen LogP contribution in [0.25, 0.3) is 0 Å². The molecular formula is C15H20N2O3. The maximum Gasteiger partial charge on any atom is 0.293 e. The molecule has 0 amide bonds. The number of hydrogen-bond acceptors (Lipinski definition) is 4. The molecule has 0 aliphatic carbocycles. The Labute approximate surface area is 118 Å². The third-order valence-electron chi connectivity index (χ3n) is 3.90. The Bertz CT molecular complexity index is 528. The lowest BCUT2D eigenvalue weighted by atomic mass is 10.0. The highest BCUT2D eigenvalue weighted by molar-refractivity contribution is 5.95. The van der Waals surface area contributed by atoms with E-state index in [1.807, 2.05) is 0 Å². The lowest BCUT2D eigenvalue weighted by molar-refractivity contribution is -0.384. The van der Waals surface area contributed by atoms with Gasteiger partial charge in [0.1, 0.15) is 5.69 Å². The van der Waals surface area contributed by atoms with E-state index in [0.29, 0.717) is 17.2 Å². The van der Waals surface area contributed by atoms with Gasteiger partial charge in [0.2, 0.25) is 0 Å². The summed E-state index contributed by atoms with van der Waals surface area (Å²) in [7, 11) is 0. The molecule has 20 heavy (non-hydrogen) atoms. The highest BCUT2D eigenvalue weighted by Gasteiger charge is 2.27. The van der Waals surface area contributed by atoms with Gasteiger partial charge in [-0.2, -0.15) is 0 Å². The Hall–Kier alpha value is -1.91. The number of nitro groups is 1. The fraction of sp³-hybridized carbons (Fsp3) is 0.533. The van der Waals surface area contributed by atoms with Crippen LogP contribution in [0.1, 0.15) is 43.5 Å². The predicted octanol–water partition coefficient (Wildman–Crippen LogP) is 3.42. The van der Waals surface area contributed by atoms with Gasteiger partial charge in [0.25, 0.3) is 5.69 Å². The second kappa shape index (κ2) is 6.03. The monoisotopic (exact) mass is 276 g/mol. The van der Waals surface area contributed by atoms with Crippen molar-refractivity contribution in [2.24, 2.45) is 5.92 Å². The number of nitrogens with zero attached hydrogens (tertiary/aromatic N) is 2. The Morgan fingerprint density at radius 1 is 1.50 bits per heavy atom. The summed E-state index contributed by atoms with van der Waals surface area (Å²) in [5, 5.41) is 11.2. The minimum atomic E-state index is -0.394. The SMILES string of the molecule is CCCC1CCN(c2ccc(C(C)=O)cc2[N+](=O)[O-])C1. The quantitative estimate of drug-likeness (QED) is 0.469. The van der Waals surface area contributed by atoms with Crippen molar-refractivity contribution in [3.8, 4) is 0 Å². The van der Waals surface area contributed by atoms with Gasteiger partial charge in [0.15, 0.2) is 5.78 Å². The van der Waals surface area contributed by atoms with Crippen molar-refractivity contribution in [2.45, 2.75) is 33.1 Å². The predicted molar refractivity (Wildman–Crippen MR) is 78.3 cm³/mol. The molecule has 1 fully saturated rings. The van der Waals surface area contributed by atoms with Crippen molar-refractivity contribution in [1.82, 2.24) is 0 Å². The largest absolute Gasteiger partial charge is 0.366 e. The van der Waals surface area contributed by atoms with Crippen molar-refractivity contribution in [1.29, 1.82) is 0 Å². The smallest absolute Gasteiger partial charge is 0.293 e. The molecule has 0 radical (unpaired) electrons. The summed E-state index contributed by atoms with van der Waals surface area (Å²) in [6.07, 6.45) is 3.39. The number of carbonyl (C=O) groups excluding carboxylic acids is 1. The molecule has 1 aliphatic heterocycles. The molecule has 1 aliphatic rings. The Balaban J connectivity index is 2.28. The van der Waals surface area contributed by atoms with Crippen LogP contribution in [0, 0.1) is 16.0 Å². The number of ketones is 1. The summed E-state index contributed by atoms with van der Waals surface area (Å²) in [4.78, 5) is 24.3. The molecule has 1 saturated heterocycles. The number of benzene rings is 1. The molecule has 1 atom stereocenters. The van der Waals surface area contributed by atoms with E-state index in [0.717, 1.165) is 32.4 Å². The van der Waals surface area contributed by atoms with Crippen LogP contribution in [-0.2, 0) is 0 Å². The molecule has 5 nitrogen and oxygen atoms in total. The standard InChI is InChI=1S/C15H20N2O3/c1-3-4-12-7-8-16(10-12)14-6-5-13(11(2)18)9-15(14)17(19)20/h5-6,9,12H,3-4,7-8,10H2,1-2H3. The zero-order valence-corrected chi connectivity index (χ0v) is 12.0. The molecule has 0 aromatic heterocycles. The molecule has 108 valence electrons. The number of hydrogen-bond donors (Lipinski definition) is 0. The topological polar surface area (TPSA) is 63.5 Å². The lowest BCUT2D eigenvalue weighted by Gasteiger charge is -2.19. The second-order valence-corrected chi connectivity index (χ2v) is 5.41. The summed E-state index contributed by atoms with van der Waals surface area (Å²) < 4.78 is 0. The van der Waals surface area contributed by atoms with Crippen molar-refractivity contribution in [3.63, 3.8) is 0 Å². The van der Waals surface area contributed by atoms with Crippen LogP contribution < -0.4 is 4.90 Å². The normalized spacial score (nSPS) is 18.3. The number of Topliss-reactive ketones (excluding diaryl/α,β-unsaturated/α-hetero) is 1. The van der Waals surface area contributed by atoms with Crippen molar-refractivity contribution < 1.29 is 9.72 Å². The van der Waals surface area contributed by atoms with E-state index in [1.54, 1.807) is 12.1 Å². The van der Waals surface area contributed by atoms with Gasteiger partial charge in [-0.3, -0.25) is 14.9 Å². The van der Waals surface area contributed by atoms with Crippen LogP contribution in [0.4, 0.5) is 11.4 Å². The van der Waals surface area contributed by atoms with E-state index in [1.165, 1.54) is 13.0 Å². The first-order valence-electron chi connectivity index (χ1n) is 7.07. The first-order valence-corrected chi connectivity index (χ1v) is 7.07. The van der Waals surface area contributed by atoms with Gasteiger partial charge in [-0.05, 0) is 37.8 Å². The van der Waals surface area contributed by atoms with E-state index in [4.69, 9.17) is 0 Å². The van der Waals surface area contributed by atoms with E-state index < -0.39 is 4.92 Å². The summed E-state index contributed by atoms with van der Waals surface area (Å²) in [6, 6.07) is 4.78. The number of carbonyl (C=O) groups is 1. The second-order valence-electron chi connectivity index (χ2n) is 5.41. The molecular weight excluding hydrogens is 256 g/mol. The Kier molecular flexibility index (Phi) is 4.37. The van der Waals surface area contributed by atoms with Crippen molar-refractivity contribution in [2.75, 3.05) is 18.0 Å². The zero-order chi connectivity index (χ0) is 14.7. The van der Waals surface area contributed by atoms with Crippen LogP contribution in [0.3, 0.4) is 0 Å². The molecule has 1 aromatic rings. The van der Waals surface area contributed by atoms with Gasteiger partial charge < -0.3 is 4.90 Å². The molecule has 1 aromatic carbocycles. The van der Waals surface area contributed by atoms with Crippen LogP contribution in [0.15, 0.2) is 18.2 Å². The van der Waals surface area contributed by atoms with Gasteiger partial charge >= 0.3 is 0 Å². The molecule has 1 heterocycles. The number of rotatable bonds is 5. The van der Waals surface area contributed by atoms with Crippen molar-refractivity contribution >= 4 is 17.2 Å². The number of nitro benzene ring substituents is 1. The van der Waals surface area contributed by atoms with Crippen LogP contribution in [0.2, 0.25) is 0 Å². The minimum absolute atomic E-state index is 0.0369. The summed E-state index contributed by atoms with van der Waals surface area (Å²) in [5.41, 5.74) is 1.07. The highest BCUT2D eigenvalue weighted by atomic mass is 16.6. The minimum Gasteiger partial charge on any atom is -0.366 e. The first kappa shape index (κ1) is 14.5. The van der Waals surface area contributed by atoms with Crippen LogP contribution in [0.5, 0.6) is 0 Å². The number of anilines is 1.